The third kappa shape index (κ3) is 1.51. The second-order valence-corrected chi connectivity index (χ2v) is 3.76. The molecule has 0 atom stereocenters. The summed E-state index contributed by atoms with van der Waals surface area (Å²) >= 11 is 1.31. The highest BCUT2D eigenvalue weighted by atomic mass is 32.2. The zero-order chi connectivity index (χ0) is 9.42. The van der Waals surface area contributed by atoms with Gasteiger partial charge in [0.1, 0.15) is 11.6 Å². The van der Waals surface area contributed by atoms with Gasteiger partial charge in [-0.05, 0) is 13.0 Å². The van der Waals surface area contributed by atoms with Gasteiger partial charge in [0.15, 0.2) is 0 Å². The van der Waals surface area contributed by atoms with Crippen molar-refractivity contribution in [3.8, 4) is 0 Å². The molecule has 1 aliphatic rings. The van der Waals surface area contributed by atoms with Gasteiger partial charge in [-0.2, -0.15) is 0 Å². The van der Waals surface area contributed by atoms with E-state index in [-0.39, 0.29) is 11.7 Å². The number of hydrogen-bond donors (Lipinski definition) is 1. The normalized spacial score (nSPS) is 15.1. The fourth-order valence-corrected chi connectivity index (χ4v) is 1.85. The standard InChI is InChI=1S/C8H7FN2OS/c1-4-5(9)2-6-8(10-4)11-7(12)3-13-6/h2H,3H2,1H3,(H,10,11,12). The highest BCUT2D eigenvalue weighted by Crippen LogP contribution is 2.30. The van der Waals surface area contributed by atoms with Gasteiger partial charge in [-0.25, -0.2) is 9.37 Å². The van der Waals surface area contributed by atoms with E-state index in [0.717, 1.165) is 0 Å². The fraction of sp³-hybridized carbons (Fsp3) is 0.250. The van der Waals surface area contributed by atoms with Crippen LogP contribution >= 0.6 is 11.8 Å². The summed E-state index contributed by atoms with van der Waals surface area (Å²) in [6.45, 7) is 1.57. The van der Waals surface area contributed by atoms with Gasteiger partial charge in [0.25, 0.3) is 0 Å². The number of nitrogens with zero attached hydrogens (tertiary/aromatic N) is 1. The van der Waals surface area contributed by atoms with E-state index in [0.29, 0.717) is 22.2 Å². The Balaban J connectivity index is 2.49. The Kier molecular flexibility index (Phi) is 1.95. The highest BCUT2D eigenvalue weighted by molar-refractivity contribution is 8.00. The number of fused-ring (bicyclic) bond motifs is 1. The number of pyridine rings is 1. The first-order valence-electron chi connectivity index (χ1n) is 3.76. The molecule has 0 spiro atoms. The molecule has 0 unspecified atom stereocenters. The number of thioether (sulfide) groups is 1. The Morgan fingerprint density at radius 3 is 3.23 bits per heavy atom. The Bertz CT molecular complexity index is 381. The first-order valence-corrected chi connectivity index (χ1v) is 4.75. The number of anilines is 1. The molecule has 0 saturated heterocycles. The Labute approximate surface area is 78.7 Å². The van der Waals surface area contributed by atoms with Crippen molar-refractivity contribution in [1.82, 2.24) is 4.98 Å². The molecular weight excluding hydrogens is 191 g/mol. The third-order valence-electron chi connectivity index (χ3n) is 1.73. The van der Waals surface area contributed by atoms with Gasteiger partial charge in [0.2, 0.25) is 5.91 Å². The molecule has 0 bridgehead atoms. The molecule has 1 N–H and O–H groups in total. The van der Waals surface area contributed by atoms with E-state index in [4.69, 9.17) is 0 Å². The van der Waals surface area contributed by atoms with Crippen LogP contribution in [-0.2, 0) is 4.79 Å². The molecule has 0 radical (unpaired) electrons. The minimum atomic E-state index is -0.331. The Hall–Kier alpha value is -1.10. The molecule has 0 aliphatic carbocycles. The van der Waals surface area contributed by atoms with Crippen molar-refractivity contribution in [2.45, 2.75) is 11.8 Å². The summed E-state index contributed by atoms with van der Waals surface area (Å²) in [6, 6.07) is 1.40. The molecule has 0 saturated carbocycles. The van der Waals surface area contributed by atoms with Crippen molar-refractivity contribution < 1.29 is 9.18 Å². The van der Waals surface area contributed by atoms with Crippen LogP contribution in [0.25, 0.3) is 0 Å². The van der Waals surface area contributed by atoms with Crippen LogP contribution in [0.3, 0.4) is 0 Å². The van der Waals surface area contributed by atoms with E-state index in [2.05, 4.69) is 10.3 Å². The van der Waals surface area contributed by atoms with Crippen molar-refractivity contribution in [2.75, 3.05) is 11.1 Å². The van der Waals surface area contributed by atoms with Crippen molar-refractivity contribution in [3.63, 3.8) is 0 Å². The van der Waals surface area contributed by atoms with Gasteiger partial charge < -0.3 is 5.32 Å². The summed E-state index contributed by atoms with van der Waals surface area (Å²) in [5.41, 5.74) is 0.307. The Morgan fingerprint density at radius 1 is 1.69 bits per heavy atom. The summed E-state index contributed by atoms with van der Waals surface area (Å²) in [7, 11) is 0. The Morgan fingerprint density at radius 2 is 2.46 bits per heavy atom. The summed E-state index contributed by atoms with van der Waals surface area (Å²) in [5, 5.41) is 2.59. The van der Waals surface area contributed by atoms with Crippen LogP contribution in [0.1, 0.15) is 5.69 Å². The first kappa shape index (κ1) is 8.50. The number of halogens is 1. The van der Waals surface area contributed by atoms with Crippen molar-refractivity contribution in [3.05, 3.63) is 17.6 Å². The molecule has 1 aromatic rings. The number of carbonyl (C=O) groups is 1. The van der Waals surface area contributed by atoms with Crippen molar-refractivity contribution in [2.24, 2.45) is 0 Å². The molecular formula is C8H7FN2OS. The second-order valence-electron chi connectivity index (χ2n) is 2.74. The fourth-order valence-electron chi connectivity index (χ4n) is 1.08. The van der Waals surface area contributed by atoms with Gasteiger partial charge in [0, 0.05) is 0 Å². The van der Waals surface area contributed by atoms with Crippen LogP contribution < -0.4 is 5.32 Å². The van der Waals surface area contributed by atoms with E-state index >= 15 is 0 Å². The number of nitrogens with one attached hydrogen (secondary N) is 1. The number of amides is 1. The van der Waals surface area contributed by atoms with E-state index in [9.17, 15) is 9.18 Å². The van der Waals surface area contributed by atoms with Gasteiger partial charge in [-0.3, -0.25) is 4.79 Å². The summed E-state index contributed by atoms with van der Waals surface area (Å²) in [5.74, 6) is 0.385. The zero-order valence-corrected chi connectivity index (χ0v) is 7.74. The third-order valence-corrected chi connectivity index (χ3v) is 2.76. The lowest BCUT2D eigenvalue weighted by molar-refractivity contribution is -0.113. The van der Waals surface area contributed by atoms with E-state index < -0.39 is 0 Å². The smallest absolute Gasteiger partial charge is 0.235 e. The van der Waals surface area contributed by atoms with E-state index in [1.54, 1.807) is 6.92 Å². The minimum absolute atomic E-state index is 0.0870. The van der Waals surface area contributed by atoms with Crippen LogP contribution in [0.2, 0.25) is 0 Å². The van der Waals surface area contributed by atoms with Gasteiger partial charge in [0.05, 0.1) is 16.3 Å². The van der Waals surface area contributed by atoms with E-state index in [1.165, 1.54) is 17.8 Å². The monoisotopic (exact) mass is 198 g/mol. The zero-order valence-electron chi connectivity index (χ0n) is 6.93. The molecule has 0 fully saturated rings. The highest BCUT2D eigenvalue weighted by Gasteiger charge is 2.18. The lowest BCUT2D eigenvalue weighted by atomic mass is 10.3. The molecule has 2 rings (SSSR count). The number of rotatable bonds is 0. The number of aryl methyl sites for hydroxylation is 1. The second kappa shape index (κ2) is 2.99. The molecule has 2 heterocycles. The maximum Gasteiger partial charge on any atom is 0.235 e. The van der Waals surface area contributed by atoms with Gasteiger partial charge in [-0.1, -0.05) is 0 Å². The lowest BCUT2D eigenvalue weighted by Gasteiger charge is -2.15. The molecule has 3 nitrogen and oxygen atoms in total. The maximum absolute atomic E-state index is 13.0. The van der Waals surface area contributed by atoms with Crippen LogP contribution in [-0.4, -0.2) is 16.6 Å². The largest absolute Gasteiger partial charge is 0.309 e. The topological polar surface area (TPSA) is 42.0 Å². The van der Waals surface area contributed by atoms with Gasteiger partial charge in [-0.15, -0.1) is 11.8 Å². The van der Waals surface area contributed by atoms with Crippen molar-refractivity contribution >= 4 is 23.5 Å². The van der Waals surface area contributed by atoms with Crippen molar-refractivity contribution in [1.29, 1.82) is 0 Å². The molecule has 5 heteroatoms. The average Bonchev–Trinajstić information content (AvgIpc) is 2.08. The maximum atomic E-state index is 13.0. The number of carbonyl (C=O) groups excluding carboxylic acids is 1. The van der Waals surface area contributed by atoms with Crippen LogP contribution in [0, 0.1) is 12.7 Å². The van der Waals surface area contributed by atoms with Crippen LogP contribution in [0.5, 0.6) is 0 Å². The minimum Gasteiger partial charge on any atom is -0.309 e. The first-order chi connectivity index (χ1) is 6.16. The lowest BCUT2D eigenvalue weighted by Crippen LogP contribution is -2.20. The van der Waals surface area contributed by atoms with E-state index in [1.807, 2.05) is 0 Å². The average molecular weight is 198 g/mol. The predicted molar refractivity (Wildman–Crippen MR) is 48.3 cm³/mol. The number of aromatic nitrogens is 1. The van der Waals surface area contributed by atoms with Crippen LogP contribution in [0.4, 0.5) is 10.2 Å². The molecule has 68 valence electrons. The molecule has 1 aliphatic heterocycles. The summed E-state index contributed by atoms with van der Waals surface area (Å²) in [6.07, 6.45) is 0. The predicted octanol–water partition coefficient (Wildman–Crippen LogP) is 1.57. The summed E-state index contributed by atoms with van der Waals surface area (Å²) in [4.78, 5) is 15.6. The number of hydrogen-bond acceptors (Lipinski definition) is 3. The van der Waals surface area contributed by atoms with Gasteiger partial charge >= 0.3 is 0 Å². The van der Waals surface area contributed by atoms with Crippen LogP contribution in [0.15, 0.2) is 11.0 Å². The summed E-state index contributed by atoms with van der Waals surface area (Å²) < 4.78 is 13.0. The molecule has 13 heavy (non-hydrogen) atoms. The molecule has 0 aromatic carbocycles. The molecule has 1 amide bonds. The SMILES string of the molecule is Cc1nc2c(cc1F)SCC(=O)N2. The molecule has 1 aromatic heterocycles. The quantitative estimate of drug-likeness (QED) is 0.688.